The maximum atomic E-state index is 12.3. The van der Waals surface area contributed by atoms with Gasteiger partial charge in [-0.3, -0.25) is 9.59 Å². The first-order chi connectivity index (χ1) is 12.3. The van der Waals surface area contributed by atoms with Gasteiger partial charge in [-0.2, -0.15) is 0 Å². The molecule has 0 aliphatic carbocycles. The standard InChI is InChI=1S/C21H24N2O3/c1-5-14-26-18-12-8-15(9-13-18)19(24)22-17-10-6-16(7-11-17)20(25)23-21(2,3)4/h5-13H,1,14H2,2-4H3,(H,22,24)(H,23,25). The van der Waals surface area contributed by atoms with Crippen LogP contribution in [0.25, 0.3) is 0 Å². The van der Waals surface area contributed by atoms with Crippen LogP contribution < -0.4 is 15.4 Å². The minimum Gasteiger partial charge on any atom is -0.490 e. The predicted octanol–water partition coefficient (Wildman–Crippen LogP) is 4.03. The summed E-state index contributed by atoms with van der Waals surface area (Å²) in [6.45, 7) is 9.78. The number of nitrogens with one attached hydrogen (secondary N) is 2. The van der Waals surface area contributed by atoms with Crippen LogP contribution in [-0.2, 0) is 0 Å². The van der Waals surface area contributed by atoms with Gasteiger partial charge in [-0.1, -0.05) is 12.7 Å². The lowest BCUT2D eigenvalue weighted by Crippen LogP contribution is -2.40. The van der Waals surface area contributed by atoms with Crippen molar-refractivity contribution in [2.45, 2.75) is 26.3 Å². The molecular formula is C21H24N2O3. The van der Waals surface area contributed by atoms with Gasteiger partial charge in [0.2, 0.25) is 0 Å². The molecule has 2 aromatic carbocycles. The average Bonchev–Trinajstić information content (AvgIpc) is 2.59. The van der Waals surface area contributed by atoms with E-state index in [0.717, 1.165) is 0 Å². The molecule has 2 aromatic rings. The number of hydrogen-bond donors (Lipinski definition) is 2. The van der Waals surface area contributed by atoms with Gasteiger partial charge in [-0.05, 0) is 69.3 Å². The topological polar surface area (TPSA) is 67.4 Å². The normalized spacial score (nSPS) is 10.7. The lowest BCUT2D eigenvalue weighted by Gasteiger charge is -2.20. The average molecular weight is 352 g/mol. The highest BCUT2D eigenvalue weighted by atomic mass is 16.5. The number of amides is 2. The van der Waals surface area contributed by atoms with E-state index in [2.05, 4.69) is 17.2 Å². The van der Waals surface area contributed by atoms with E-state index in [1.54, 1.807) is 54.6 Å². The number of anilines is 1. The van der Waals surface area contributed by atoms with Crippen molar-refractivity contribution in [3.63, 3.8) is 0 Å². The Bertz CT molecular complexity index is 772. The third kappa shape index (κ3) is 5.77. The van der Waals surface area contributed by atoms with Gasteiger partial charge >= 0.3 is 0 Å². The third-order valence-corrected chi connectivity index (χ3v) is 3.38. The van der Waals surface area contributed by atoms with Crippen molar-refractivity contribution < 1.29 is 14.3 Å². The first-order valence-corrected chi connectivity index (χ1v) is 8.36. The Labute approximate surface area is 154 Å². The summed E-state index contributed by atoms with van der Waals surface area (Å²) in [6.07, 6.45) is 1.66. The molecule has 2 amide bonds. The fraction of sp³-hybridized carbons (Fsp3) is 0.238. The number of carbonyl (C=O) groups excluding carboxylic acids is 2. The van der Waals surface area contributed by atoms with E-state index in [1.165, 1.54) is 0 Å². The number of hydrogen-bond acceptors (Lipinski definition) is 3. The zero-order valence-corrected chi connectivity index (χ0v) is 15.3. The quantitative estimate of drug-likeness (QED) is 0.771. The molecular weight excluding hydrogens is 328 g/mol. The van der Waals surface area contributed by atoms with Crippen LogP contribution in [-0.4, -0.2) is 24.0 Å². The van der Waals surface area contributed by atoms with Crippen LogP contribution in [0.5, 0.6) is 5.75 Å². The van der Waals surface area contributed by atoms with Gasteiger partial charge in [0.25, 0.3) is 11.8 Å². The second kappa shape index (κ2) is 8.34. The maximum absolute atomic E-state index is 12.3. The molecule has 0 radical (unpaired) electrons. The first kappa shape index (κ1) is 19.2. The summed E-state index contributed by atoms with van der Waals surface area (Å²) in [4.78, 5) is 24.4. The minimum absolute atomic E-state index is 0.148. The highest BCUT2D eigenvalue weighted by Gasteiger charge is 2.15. The van der Waals surface area contributed by atoms with Crippen molar-refractivity contribution in [1.82, 2.24) is 5.32 Å². The molecule has 136 valence electrons. The molecule has 2 N–H and O–H groups in total. The fourth-order valence-electron chi connectivity index (χ4n) is 2.18. The van der Waals surface area contributed by atoms with E-state index >= 15 is 0 Å². The Morgan fingerprint density at radius 3 is 2.04 bits per heavy atom. The number of ether oxygens (including phenoxy) is 1. The van der Waals surface area contributed by atoms with Gasteiger partial charge in [-0.25, -0.2) is 0 Å². The highest BCUT2D eigenvalue weighted by Crippen LogP contribution is 2.15. The number of carbonyl (C=O) groups is 2. The Balaban J connectivity index is 1.98. The van der Waals surface area contributed by atoms with Crippen LogP contribution in [0.15, 0.2) is 61.2 Å². The molecule has 0 saturated carbocycles. The third-order valence-electron chi connectivity index (χ3n) is 3.38. The van der Waals surface area contributed by atoms with Crippen molar-refractivity contribution in [2.75, 3.05) is 11.9 Å². The summed E-state index contributed by atoms with van der Waals surface area (Å²) in [5.41, 5.74) is 1.38. The van der Waals surface area contributed by atoms with E-state index in [4.69, 9.17) is 4.74 Å². The molecule has 0 spiro atoms. The Hall–Kier alpha value is -3.08. The van der Waals surface area contributed by atoms with Crippen LogP contribution in [0, 0.1) is 0 Å². The smallest absolute Gasteiger partial charge is 0.255 e. The van der Waals surface area contributed by atoms with E-state index in [1.807, 2.05) is 20.8 Å². The minimum atomic E-state index is -0.300. The zero-order valence-electron chi connectivity index (χ0n) is 15.3. The second-order valence-corrected chi connectivity index (χ2v) is 6.86. The van der Waals surface area contributed by atoms with Gasteiger partial charge in [-0.15, -0.1) is 0 Å². The Kier molecular flexibility index (Phi) is 6.17. The summed E-state index contributed by atoms with van der Waals surface area (Å²) in [6, 6.07) is 13.6. The van der Waals surface area contributed by atoms with E-state index < -0.39 is 0 Å². The molecule has 2 rings (SSSR count). The molecule has 0 heterocycles. The monoisotopic (exact) mass is 352 g/mol. The van der Waals surface area contributed by atoms with Crippen molar-refractivity contribution in [1.29, 1.82) is 0 Å². The van der Waals surface area contributed by atoms with Gasteiger partial charge in [0.15, 0.2) is 0 Å². The number of rotatable bonds is 6. The van der Waals surface area contributed by atoms with Crippen LogP contribution in [0.3, 0.4) is 0 Å². The second-order valence-electron chi connectivity index (χ2n) is 6.86. The number of benzene rings is 2. The summed E-state index contributed by atoms with van der Waals surface area (Å²) in [5.74, 6) is 0.299. The Morgan fingerprint density at radius 2 is 1.50 bits per heavy atom. The predicted molar refractivity (Wildman–Crippen MR) is 104 cm³/mol. The maximum Gasteiger partial charge on any atom is 0.255 e. The van der Waals surface area contributed by atoms with Crippen LogP contribution in [0.4, 0.5) is 5.69 Å². The molecule has 0 aromatic heterocycles. The van der Waals surface area contributed by atoms with E-state index in [0.29, 0.717) is 29.2 Å². The SMILES string of the molecule is C=CCOc1ccc(C(=O)Nc2ccc(C(=O)NC(C)(C)C)cc2)cc1. The Morgan fingerprint density at radius 1 is 0.962 bits per heavy atom. The van der Waals surface area contributed by atoms with Gasteiger partial charge in [0.05, 0.1) is 0 Å². The summed E-state index contributed by atoms with van der Waals surface area (Å²) < 4.78 is 5.39. The zero-order chi connectivity index (χ0) is 19.2. The van der Waals surface area contributed by atoms with Crippen molar-refractivity contribution in [2.24, 2.45) is 0 Å². The summed E-state index contributed by atoms with van der Waals surface area (Å²) in [5, 5.41) is 5.70. The van der Waals surface area contributed by atoms with Crippen molar-refractivity contribution >= 4 is 17.5 Å². The molecule has 0 aliphatic heterocycles. The molecule has 5 heteroatoms. The molecule has 0 atom stereocenters. The van der Waals surface area contributed by atoms with E-state index in [9.17, 15) is 9.59 Å². The summed E-state index contributed by atoms with van der Waals surface area (Å²) in [7, 11) is 0. The molecule has 0 unspecified atom stereocenters. The molecule has 0 bridgehead atoms. The van der Waals surface area contributed by atoms with Gasteiger partial charge < -0.3 is 15.4 Å². The molecule has 0 saturated heterocycles. The first-order valence-electron chi connectivity index (χ1n) is 8.36. The van der Waals surface area contributed by atoms with Gasteiger partial charge in [0, 0.05) is 22.4 Å². The highest BCUT2D eigenvalue weighted by molar-refractivity contribution is 6.04. The molecule has 0 aliphatic rings. The molecule has 0 fully saturated rings. The van der Waals surface area contributed by atoms with Crippen molar-refractivity contribution in [3.8, 4) is 5.75 Å². The lowest BCUT2D eigenvalue weighted by atomic mass is 10.1. The van der Waals surface area contributed by atoms with E-state index in [-0.39, 0.29) is 17.4 Å². The largest absolute Gasteiger partial charge is 0.490 e. The fourth-order valence-corrected chi connectivity index (χ4v) is 2.18. The van der Waals surface area contributed by atoms with Crippen LogP contribution in [0.1, 0.15) is 41.5 Å². The molecule has 5 nitrogen and oxygen atoms in total. The lowest BCUT2D eigenvalue weighted by molar-refractivity contribution is 0.0919. The van der Waals surface area contributed by atoms with Gasteiger partial charge in [0.1, 0.15) is 12.4 Å². The summed E-state index contributed by atoms with van der Waals surface area (Å²) >= 11 is 0. The van der Waals surface area contributed by atoms with Crippen LogP contribution in [0.2, 0.25) is 0 Å². The van der Waals surface area contributed by atoms with Crippen LogP contribution >= 0.6 is 0 Å². The molecule has 26 heavy (non-hydrogen) atoms. The van der Waals surface area contributed by atoms with Crippen molar-refractivity contribution in [3.05, 3.63) is 72.3 Å².